The lowest BCUT2D eigenvalue weighted by atomic mass is 10.0. The molecule has 0 spiro atoms. The van der Waals surface area contributed by atoms with E-state index in [0.717, 1.165) is 16.7 Å². The molecule has 31 heavy (non-hydrogen) atoms. The number of nitrogens with zero attached hydrogens (tertiary/aromatic N) is 2. The molecule has 1 aliphatic rings. The number of urea groups is 1. The molecule has 154 valence electrons. The van der Waals surface area contributed by atoms with E-state index in [2.05, 4.69) is 15.6 Å². The summed E-state index contributed by atoms with van der Waals surface area (Å²) >= 11 is 5.93. The molecule has 0 atom stereocenters. The molecule has 3 aromatic rings. The van der Waals surface area contributed by atoms with Gasteiger partial charge in [-0.25, -0.2) is 4.79 Å². The van der Waals surface area contributed by atoms with E-state index in [1.807, 2.05) is 54.6 Å². The number of hydrogen-bond acceptors (Lipinski definition) is 3. The minimum atomic E-state index is -0.519. The fraction of sp³-hybridized carbons (Fsp3) is 0.0417. The summed E-state index contributed by atoms with van der Waals surface area (Å²) in [5.74, 6) is -0.274. The van der Waals surface area contributed by atoms with Crippen LogP contribution in [0.4, 0.5) is 10.5 Å². The number of benzene rings is 3. The number of likely N-dealkylation sites (N-methyl/N-ethyl adjacent to an activating group) is 1. The van der Waals surface area contributed by atoms with Gasteiger partial charge in [-0.15, -0.1) is 0 Å². The molecule has 4 rings (SSSR count). The number of amides is 3. The van der Waals surface area contributed by atoms with Crippen molar-refractivity contribution < 1.29 is 9.59 Å². The quantitative estimate of drug-likeness (QED) is 0.574. The van der Waals surface area contributed by atoms with Crippen molar-refractivity contribution in [1.29, 1.82) is 0 Å². The Kier molecular flexibility index (Phi) is 5.82. The maximum Gasteiger partial charge on any atom is 0.326 e. The highest BCUT2D eigenvalue weighted by Gasteiger charge is 2.27. The maximum absolute atomic E-state index is 12.4. The van der Waals surface area contributed by atoms with Crippen LogP contribution in [0.2, 0.25) is 5.02 Å². The number of aliphatic imine (C=N–C) groups is 1. The molecule has 0 saturated carbocycles. The van der Waals surface area contributed by atoms with Crippen molar-refractivity contribution >= 4 is 41.3 Å². The van der Waals surface area contributed by atoms with E-state index in [1.54, 1.807) is 42.3 Å². The highest BCUT2D eigenvalue weighted by molar-refractivity contribution is 6.31. The van der Waals surface area contributed by atoms with Crippen LogP contribution in [0.3, 0.4) is 0 Å². The molecule has 0 unspecified atom stereocenters. The van der Waals surface area contributed by atoms with Gasteiger partial charge < -0.3 is 10.2 Å². The highest BCUT2D eigenvalue weighted by atomic mass is 35.5. The Morgan fingerprint density at radius 2 is 1.65 bits per heavy atom. The van der Waals surface area contributed by atoms with Gasteiger partial charge in [0, 0.05) is 17.8 Å². The van der Waals surface area contributed by atoms with Crippen LogP contribution in [0, 0.1) is 0 Å². The van der Waals surface area contributed by atoms with Crippen molar-refractivity contribution in [3.63, 3.8) is 0 Å². The number of anilines is 1. The maximum atomic E-state index is 12.4. The van der Waals surface area contributed by atoms with Crippen molar-refractivity contribution in [2.45, 2.75) is 0 Å². The van der Waals surface area contributed by atoms with Gasteiger partial charge in [-0.3, -0.25) is 10.1 Å². The number of hydrogen-bond donors (Lipinski definition) is 2. The number of nitrogens with one attached hydrogen (secondary N) is 2. The summed E-state index contributed by atoms with van der Waals surface area (Å²) in [5.41, 5.74) is 3.97. The summed E-state index contributed by atoms with van der Waals surface area (Å²) in [6.45, 7) is 0. The fourth-order valence-corrected chi connectivity index (χ4v) is 3.34. The average Bonchev–Trinajstić information content (AvgIpc) is 3.02. The zero-order valence-corrected chi connectivity index (χ0v) is 17.4. The Labute approximate surface area is 184 Å². The van der Waals surface area contributed by atoms with Crippen molar-refractivity contribution in [3.05, 3.63) is 95.1 Å². The number of guanidine groups is 1. The van der Waals surface area contributed by atoms with Gasteiger partial charge in [-0.2, -0.15) is 4.99 Å². The van der Waals surface area contributed by atoms with Gasteiger partial charge >= 0.3 is 6.03 Å². The lowest BCUT2D eigenvalue weighted by Gasteiger charge is -2.16. The Bertz CT molecular complexity index is 1190. The Morgan fingerprint density at radius 1 is 0.935 bits per heavy atom. The van der Waals surface area contributed by atoms with E-state index in [9.17, 15) is 9.59 Å². The number of carbonyl (C=O) groups excluding carboxylic acids is 2. The van der Waals surface area contributed by atoms with Gasteiger partial charge in [0.1, 0.15) is 5.70 Å². The first kappa shape index (κ1) is 20.4. The molecule has 3 aromatic carbocycles. The largest absolute Gasteiger partial charge is 0.326 e. The van der Waals surface area contributed by atoms with Gasteiger partial charge in [0.25, 0.3) is 5.91 Å². The van der Waals surface area contributed by atoms with Crippen LogP contribution >= 0.6 is 11.6 Å². The molecule has 0 bridgehead atoms. The molecule has 7 heteroatoms. The summed E-state index contributed by atoms with van der Waals surface area (Å²) in [6, 6.07) is 24.2. The van der Waals surface area contributed by atoms with E-state index >= 15 is 0 Å². The third-order valence-electron chi connectivity index (χ3n) is 4.73. The lowest BCUT2D eigenvalue weighted by molar-refractivity contribution is -0.114. The lowest BCUT2D eigenvalue weighted by Crippen LogP contribution is -2.41. The van der Waals surface area contributed by atoms with Crippen LogP contribution in [0.15, 0.2) is 89.6 Å². The minimum Gasteiger partial charge on any atom is -0.310 e. The number of carbonyl (C=O) groups is 2. The zero-order valence-electron chi connectivity index (χ0n) is 16.7. The fourth-order valence-electron chi connectivity index (χ4n) is 3.15. The second-order valence-electron chi connectivity index (χ2n) is 6.91. The van der Waals surface area contributed by atoms with Crippen LogP contribution in [-0.2, 0) is 4.79 Å². The summed E-state index contributed by atoms with van der Waals surface area (Å²) < 4.78 is 0. The third-order valence-corrected chi connectivity index (χ3v) is 4.97. The van der Waals surface area contributed by atoms with E-state index < -0.39 is 11.9 Å². The van der Waals surface area contributed by atoms with Crippen LogP contribution < -0.4 is 10.6 Å². The molecule has 0 aromatic heterocycles. The molecule has 0 radical (unpaired) electrons. The molecule has 0 fully saturated rings. The van der Waals surface area contributed by atoms with E-state index in [4.69, 9.17) is 11.6 Å². The minimum absolute atomic E-state index is 0.150. The predicted molar refractivity (Wildman–Crippen MR) is 124 cm³/mol. The summed E-state index contributed by atoms with van der Waals surface area (Å²) in [5, 5.41) is 5.76. The third kappa shape index (κ3) is 4.82. The topological polar surface area (TPSA) is 73.8 Å². The van der Waals surface area contributed by atoms with Gasteiger partial charge in [0.05, 0.1) is 0 Å². The van der Waals surface area contributed by atoms with Crippen LogP contribution in [-0.4, -0.2) is 29.8 Å². The standard InChI is InChI=1S/C24H19ClN4O2/c1-29-21(14-16-10-12-18(13-11-16)17-6-3-2-4-7-17)22(30)27-23(29)28-24(31)26-20-9-5-8-19(25)15-20/h2-15H,1H3,(H2,26,27,28,30,31)/b21-14-. The van der Waals surface area contributed by atoms with Gasteiger partial charge in [-0.05, 0) is 41.0 Å². The molecule has 0 aliphatic carbocycles. The van der Waals surface area contributed by atoms with Gasteiger partial charge in [0.15, 0.2) is 0 Å². The Hall–Kier alpha value is -3.90. The zero-order chi connectivity index (χ0) is 21.8. The van der Waals surface area contributed by atoms with Crippen molar-refractivity contribution in [3.8, 4) is 11.1 Å². The van der Waals surface area contributed by atoms with Crippen molar-refractivity contribution in [1.82, 2.24) is 10.2 Å². The highest BCUT2D eigenvalue weighted by Crippen LogP contribution is 2.22. The first-order valence-electron chi connectivity index (χ1n) is 9.57. The Balaban J connectivity index is 1.44. The molecular formula is C24H19ClN4O2. The number of halogens is 1. The second-order valence-corrected chi connectivity index (χ2v) is 7.34. The first-order chi connectivity index (χ1) is 15.0. The van der Waals surface area contributed by atoms with Crippen LogP contribution in [0.1, 0.15) is 5.56 Å². The summed E-state index contributed by atoms with van der Waals surface area (Å²) in [4.78, 5) is 30.1. The molecule has 2 N–H and O–H groups in total. The molecule has 1 heterocycles. The average molecular weight is 431 g/mol. The van der Waals surface area contributed by atoms with Gasteiger partial charge in [0.2, 0.25) is 5.96 Å². The van der Waals surface area contributed by atoms with E-state index in [1.165, 1.54) is 0 Å². The SMILES string of the molecule is CN1C(NC(=O)Nc2cccc(Cl)c2)=NC(=O)/C1=C/c1ccc(-c2ccccc2)cc1. The van der Waals surface area contributed by atoms with E-state index in [-0.39, 0.29) is 5.96 Å². The van der Waals surface area contributed by atoms with Crippen molar-refractivity contribution in [2.24, 2.45) is 4.99 Å². The molecule has 3 amide bonds. The second kappa shape index (κ2) is 8.85. The normalized spacial score (nSPS) is 14.5. The summed E-state index contributed by atoms with van der Waals surface area (Å²) in [6.07, 6.45) is 1.74. The Morgan fingerprint density at radius 3 is 2.35 bits per heavy atom. The van der Waals surface area contributed by atoms with Crippen LogP contribution in [0.5, 0.6) is 0 Å². The summed E-state index contributed by atoms with van der Waals surface area (Å²) in [7, 11) is 1.67. The van der Waals surface area contributed by atoms with E-state index in [0.29, 0.717) is 16.4 Å². The van der Waals surface area contributed by atoms with Crippen LogP contribution in [0.25, 0.3) is 17.2 Å². The smallest absolute Gasteiger partial charge is 0.310 e. The van der Waals surface area contributed by atoms with Crippen molar-refractivity contribution in [2.75, 3.05) is 12.4 Å². The monoisotopic (exact) mass is 430 g/mol. The molecule has 1 aliphatic heterocycles. The predicted octanol–water partition coefficient (Wildman–Crippen LogP) is 5.00. The molecule has 6 nitrogen and oxygen atoms in total. The molecular weight excluding hydrogens is 412 g/mol. The number of rotatable bonds is 3. The first-order valence-corrected chi connectivity index (χ1v) is 9.95. The van der Waals surface area contributed by atoms with Gasteiger partial charge in [-0.1, -0.05) is 72.3 Å². The molecule has 0 saturated heterocycles.